The monoisotopic (exact) mass is 592 g/mol. The Morgan fingerprint density at radius 3 is 2.38 bits per heavy atom. The van der Waals surface area contributed by atoms with E-state index in [-0.39, 0.29) is 17.7 Å². The number of nitrogens with zero attached hydrogens (tertiary/aromatic N) is 2. The van der Waals surface area contributed by atoms with Gasteiger partial charge in [-0.2, -0.15) is 16.8 Å². The molecule has 0 aromatic heterocycles. The summed E-state index contributed by atoms with van der Waals surface area (Å²) >= 11 is 0. The van der Waals surface area contributed by atoms with Crippen LogP contribution < -0.4 is 4.90 Å². The lowest BCUT2D eigenvalue weighted by atomic mass is 9.74. The van der Waals surface area contributed by atoms with Gasteiger partial charge in [-0.25, -0.2) is 0 Å². The molecule has 1 aliphatic heterocycles. The average Bonchev–Trinajstić information content (AvgIpc) is 3.11. The molecule has 0 aliphatic carbocycles. The van der Waals surface area contributed by atoms with Crippen molar-refractivity contribution < 1.29 is 35.8 Å². The minimum Gasteiger partial charge on any atom is -0.481 e. The summed E-state index contributed by atoms with van der Waals surface area (Å²) in [5.41, 5.74) is 0.921. The zero-order valence-corrected chi connectivity index (χ0v) is 24.2. The summed E-state index contributed by atoms with van der Waals surface area (Å²) in [6.45, 7) is 3.53. The molecule has 0 amide bonds. The van der Waals surface area contributed by atoms with Crippen molar-refractivity contribution in [3.8, 4) is 0 Å². The summed E-state index contributed by atoms with van der Waals surface area (Å²) in [5.74, 6) is -0.890. The number of hydrogen-bond donors (Lipinski definition) is 3. The van der Waals surface area contributed by atoms with E-state index in [0.717, 1.165) is 5.69 Å². The highest BCUT2D eigenvalue weighted by Crippen LogP contribution is 2.51. The molecule has 3 atom stereocenters. The molecule has 2 aromatic rings. The van der Waals surface area contributed by atoms with Crippen LogP contribution in [0, 0.1) is 0 Å². The summed E-state index contributed by atoms with van der Waals surface area (Å²) in [6, 6.07) is 12.8. The van der Waals surface area contributed by atoms with Crippen LogP contribution in [0.15, 0.2) is 70.6 Å². The van der Waals surface area contributed by atoms with E-state index in [4.69, 9.17) is 5.11 Å². The first-order chi connectivity index (χ1) is 18.8. The summed E-state index contributed by atoms with van der Waals surface area (Å²) in [5, 5.41) is 7.68. The van der Waals surface area contributed by atoms with Crippen LogP contribution in [-0.2, 0) is 30.4 Å². The summed E-state index contributed by atoms with van der Waals surface area (Å²) in [6.07, 6.45) is 8.06. The maximum Gasteiger partial charge on any atom is 0.303 e. The van der Waals surface area contributed by atoms with E-state index in [0.29, 0.717) is 43.4 Å². The van der Waals surface area contributed by atoms with Gasteiger partial charge in [0.1, 0.15) is 0 Å². The maximum absolute atomic E-state index is 12.5. The maximum atomic E-state index is 12.5. The number of aliphatic carboxylic acids is 1. The fourth-order valence-corrected chi connectivity index (χ4v) is 6.79. The van der Waals surface area contributed by atoms with Crippen molar-refractivity contribution in [1.29, 1.82) is 0 Å². The number of benzene rings is 2. The van der Waals surface area contributed by atoms with Crippen molar-refractivity contribution in [1.82, 2.24) is 0 Å². The van der Waals surface area contributed by atoms with Gasteiger partial charge in [0.15, 0.2) is 5.37 Å². The topological polar surface area (TPSA) is 162 Å². The number of rotatable bonds is 14. The average molecular weight is 593 g/mol. The highest BCUT2D eigenvalue weighted by atomic mass is 32.2. The number of carbonyl (C=O) groups is 1. The second kappa shape index (κ2) is 13.1. The number of carboxylic acids is 1. The van der Waals surface area contributed by atoms with Crippen molar-refractivity contribution >= 4 is 43.8 Å². The Kier molecular flexibility index (Phi) is 10.3. The summed E-state index contributed by atoms with van der Waals surface area (Å²) < 4.78 is 68.9. The predicted octanol–water partition coefficient (Wildman–Crippen LogP) is 5.39. The van der Waals surface area contributed by atoms with Gasteiger partial charge in [0, 0.05) is 30.2 Å². The van der Waals surface area contributed by atoms with E-state index in [1.807, 2.05) is 49.4 Å². The van der Waals surface area contributed by atoms with Crippen molar-refractivity contribution in [2.75, 3.05) is 4.90 Å². The van der Waals surface area contributed by atoms with Gasteiger partial charge in [-0.15, -0.1) is 0 Å². The highest BCUT2D eigenvalue weighted by Gasteiger charge is 2.50. The highest BCUT2D eigenvalue weighted by molar-refractivity contribution is 7.86. The normalized spacial score (nSPS) is 20.3. The van der Waals surface area contributed by atoms with Crippen molar-refractivity contribution in [3.63, 3.8) is 0 Å². The van der Waals surface area contributed by atoms with Crippen molar-refractivity contribution in [3.05, 3.63) is 66.2 Å². The first-order valence-electron chi connectivity index (χ1n) is 13.1. The molecular weight excluding hydrogens is 556 g/mol. The van der Waals surface area contributed by atoms with Crippen molar-refractivity contribution in [2.24, 2.45) is 4.99 Å². The van der Waals surface area contributed by atoms with Gasteiger partial charge in [0.05, 0.1) is 16.6 Å². The molecule has 0 saturated carbocycles. The second-order valence-electron chi connectivity index (χ2n) is 10.1. The Morgan fingerprint density at radius 2 is 1.77 bits per heavy atom. The quantitative estimate of drug-likeness (QED) is 0.113. The lowest BCUT2D eigenvalue weighted by Crippen LogP contribution is -2.49. The molecule has 2 aromatic carbocycles. The number of hydrogen-bond acceptors (Lipinski definition) is 7. The van der Waals surface area contributed by atoms with Crippen LogP contribution in [-0.4, -0.2) is 54.6 Å². The Bertz CT molecular complexity index is 1460. The third kappa shape index (κ3) is 7.57. The molecule has 0 bridgehead atoms. The lowest BCUT2D eigenvalue weighted by molar-refractivity contribution is -0.137. The summed E-state index contributed by atoms with van der Waals surface area (Å²) in [4.78, 5) is 16.6. The van der Waals surface area contributed by atoms with Crippen LogP contribution in [0.1, 0.15) is 64.4 Å². The SMILES string of the molecule is CCC(N1c2ccc(S(=O)(=O)O)cc2C(C)(CCCCCC(=O)O)C1C=CCC=Nc1ccccc1)S(=O)(=O)O. The van der Waals surface area contributed by atoms with E-state index >= 15 is 0 Å². The fraction of sp³-hybridized carbons (Fsp3) is 0.429. The molecule has 1 heterocycles. The molecule has 218 valence electrons. The van der Waals surface area contributed by atoms with E-state index in [9.17, 15) is 30.7 Å². The number of fused-ring (bicyclic) bond motifs is 1. The molecule has 10 nitrogen and oxygen atoms in total. The third-order valence-corrected chi connectivity index (χ3v) is 9.36. The Balaban J connectivity index is 2.05. The molecular formula is C28H36N2O8S2. The lowest BCUT2D eigenvalue weighted by Gasteiger charge is -2.38. The minimum absolute atomic E-state index is 0.0249. The van der Waals surface area contributed by atoms with Gasteiger partial charge in [-0.05, 0) is 55.2 Å². The van der Waals surface area contributed by atoms with E-state index in [1.165, 1.54) is 18.2 Å². The van der Waals surface area contributed by atoms with E-state index < -0.39 is 43.0 Å². The fourth-order valence-electron chi connectivity index (χ4n) is 5.33. The predicted molar refractivity (Wildman–Crippen MR) is 155 cm³/mol. The van der Waals surface area contributed by atoms with Crippen LogP contribution in [0.4, 0.5) is 11.4 Å². The molecule has 0 radical (unpaired) electrons. The number of carboxylic acid groups (broad SMARTS) is 1. The molecule has 40 heavy (non-hydrogen) atoms. The van der Waals surface area contributed by atoms with Gasteiger partial charge in [0.2, 0.25) is 0 Å². The number of anilines is 1. The zero-order valence-electron chi connectivity index (χ0n) is 22.5. The Labute approximate surface area is 236 Å². The van der Waals surface area contributed by atoms with Gasteiger partial charge in [-0.1, -0.05) is 57.0 Å². The van der Waals surface area contributed by atoms with Crippen LogP contribution in [0.25, 0.3) is 0 Å². The van der Waals surface area contributed by atoms with Gasteiger partial charge in [0.25, 0.3) is 20.2 Å². The van der Waals surface area contributed by atoms with Gasteiger partial charge < -0.3 is 10.0 Å². The minimum atomic E-state index is -4.54. The molecule has 0 fully saturated rings. The second-order valence-corrected chi connectivity index (χ2v) is 13.1. The van der Waals surface area contributed by atoms with Crippen LogP contribution in [0.3, 0.4) is 0 Å². The molecule has 12 heteroatoms. The molecule has 3 N–H and O–H groups in total. The largest absolute Gasteiger partial charge is 0.481 e. The molecule has 0 saturated heterocycles. The first kappa shape index (κ1) is 31.5. The standard InChI is InChI=1S/C28H36N2O8S2/c1-3-26(40(36,37)38)30-24-17-16-22(39(33,34)35)20-23(24)28(2,18-10-5-8-15-27(31)32)25(30)14-9-11-19-29-21-12-6-4-7-13-21/h4,6-7,9,12-14,16-17,19-20,25-26H,3,5,8,10-11,15,18H2,1-2H3,(H,31,32)(H,33,34,35)(H,36,37,38). The van der Waals surface area contributed by atoms with Gasteiger partial charge in [-0.3, -0.25) is 18.9 Å². The van der Waals surface area contributed by atoms with E-state index in [2.05, 4.69) is 4.99 Å². The van der Waals surface area contributed by atoms with Crippen LogP contribution in [0.5, 0.6) is 0 Å². The molecule has 0 spiro atoms. The number of unbranched alkanes of at least 4 members (excludes halogenated alkanes) is 2. The van der Waals surface area contributed by atoms with Crippen LogP contribution >= 0.6 is 0 Å². The third-order valence-electron chi connectivity index (χ3n) is 7.26. The van der Waals surface area contributed by atoms with Crippen LogP contribution in [0.2, 0.25) is 0 Å². The number of aliphatic imine (C=N–C) groups is 1. The molecule has 1 aliphatic rings. The van der Waals surface area contributed by atoms with E-state index in [1.54, 1.807) is 18.0 Å². The Morgan fingerprint density at radius 1 is 1.07 bits per heavy atom. The van der Waals surface area contributed by atoms with Gasteiger partial charge >= 0.3 is 5.97 Å². The van der Waals surface area contributed by atoms with Crippen molar-refractivity contribution in [2.45, 2.75) is 80.5 Å². The summed E-state index contributed by atoms with van der Waals surface area (Å²) in [7, 11) is -9.08. The molecule has 3 unspecified atom stereocenters. The first-order valence-corrected chi connectivity index (χ1v) is 16.1. The zero-order chi connectivity index (χ0) is 29.6. The Hall–Kier alpha value is -3.06. The number of para-hydroxylation sites is 1. The number of allylic oxidation sites excluding steroid dienone is 1. The molecule has 3 rings (SSSR count). The smallest absolute Gasteiger partial charge is 0.303 e.